The number of hydrazone groups is 1. The van der Waals surface area contributed by atoms with Crippen molar-refractivity contribution in [3.8, 4) is 0 Å². The fourth-order valence-corrected chi connectivity index (χ4v) is 3.73. The van der Waals surface area contributed by atoms with Gasteiger partial charge in [0.15, 0.2) is 0 Å². The third kappa shape index (κ3) is 5.00. The largest absolute Gasteiger partial charge is 0.295 e. The Bertz CT molecular complexity index is 1190. The monoisotopic (exact) mass is 424 g/mol. The Kier molecular flexibility index (Phi) is 6.12. The number of nitrogens with one attached hydrogen (secondary N) is 2. The van der Waals surface area contributed by atoms with Gasteiger partial charge >= 0.3 is 0 Å². The predicted molar refractivity (Wildman–Crippen MR) is 117 cm³/mol. The molecule has 9 heteroatoms. The van der Waals surface area contributed by atoms with Crippen molar-refractivity contribution in [1.29, 1.82) is 0 Å². The molecular formula is C21H20N4O4S. The molecule has 30 heavy (non-hydrogen) atoms. The van der Waals surface area contributed by atoms with Gasteiger partial charge in [-0.25, -0.2) is 8.42 Å². The van der Waals surface area contributed by atoms with Crippen LogP contribution < -0.4 is 10.1 Å². The van der Waals surface area contributed by atoms with Crippen molar-refractivity contribution < 1.29 is 13.3 Å². The van der Waals surface area contributed by atoms with Gasteiger partial charge in [0.1, 0.15) is 5.69 Å². The Labute approximate surface area is 174 Å². The minimum absolute atomic E-state index is 0.0881. The Morgan fingerprint density at radius 2 is 1.67 bits per heavy atom. The van der Waals surface area contributed by atoms with Gasteiger partial charge < -0.3 is 0 Å². The third-order valence-electron chi connectivity index (χ3n) is 4.32. The number of nitro groups is 1. The van der Waals surface area contributed by atoms with Crippen LogP contribution in [0.1, 0.15) is 18.1 Å². The lowest BCUT2D eigenvalue weighted by molar-refractivity contribution is -0.384. The van der Waals surface area contributed by atoms with Gasteiger partial charge in [-0.15, -0.1) is 0 Å². The van der Waals surface area contributed by atoms with Crippen molar-refractivity contribution in [2.45, 2.75) is 18.7 Å². The lowest BCUT2D eigenvalue weighted by Gasteiger charge is -2.10. The first-order valence-corrected chi connectivity index (χ1v) is 10.5. The quantitative estimate of drug-likeness (QED) is 0.328. The molecule has 0 aliphatic rings. The molecule has 0 fully saturated rings. The van der Waals surface area contributed by atoms with Crippen LogP contribution in [0.25, 0.3) is 0 Å². The predicted octanol–water partition coefficient (Wildman–Crippen LogP) is 4.54. The number of benzene rings is 3. The Morgan fingerprint density at radius 3 is 2.30 bits per heavy atom. The number of hydrogen-bond donors (Lipinski definition) is 2. The molecule has 0 atom stereocenters. The van der Waals surface area contributed by atoms with E-state index in [1.165, 1.54) is 12.1 Å². The molecule has 0 saturated heterocycles. The second kappa shape index (κ2) is 8.75. The van der Waals surface area contributed by atoms with E-state index in [-0.39, 0.29) is 10.6 Å². The molecule has 3 rings (SSSR count). The summed E-state index contributed by atoms with van der Waals surface area (Å²) in [4.78, 5) is 10.6. The van der Waals surface area contributed by atoms with Crippen LogP contribution in [0.5, 0.6) is 0 Å². The highest BCUT2D eigenvalue weighted by Gasteiger charge is 2.21. The first-order valence-electron chi connectivity index (χ1n) is 9.00. The molecular weight excluding hydrogens is 404 g/mol. The minimum atomic E-state index is -3.98. The second-order valence-corrected chi connectivity index (χ2v) is 8.27. The highest BCUT2D eigenvalue weighted by molar-refractivity contribution is 7.92. The number of aryl methyl sites for hydroxylation is 1. The van der Waals surface area contributed by atoms with Crippen molar-refractivity contribution in [3.63, 3.8) is 0 Å². The lowest BCUT2D eigenvalue weighted by Crippen LogP contribution is -2.13. The minimum Gasteiger partial charge on any atom is -0.280 e. The third-order valence-corrected chi connectivity index (χ3v) is 5.69. The number of anilines is 2. The average molecular weight is 424 g/mol. The van der Waals surface area contributed by atoms with Crippen LogP contribution >= 0.6 is 0 Å². The topological polar surface area (TPSA) is 114 Å². The Morgan fingerprint density at radius 1 is 1.00 bits per heavy atom. The van der Waals surface area contributed by atoms with E-state index in [9.17, 15) is 18.5 Å². The maximum atomic E-state index is 12.6. The summed E-state index contributed by atoms with van der Waals surface area (Å²) in [7, 11) is -3.98. The van der Waals surface area contributed by atoms with E-state index in [1.54, 1.807) is 37.3 Å². The van der Waals surface area contributed by atoms with Crippen molar-refractivity contribution in [3.05, 3.63) is 94.0 Å². The Balaban J connectivity index is 1.87. The zero-order valence-corrected chi connectivity index (χ0v) is 17.2. The van der Waals surface area contributed by atoms with Crippen LogP contribution in [0.15, 0.2) is 82.8 Å². The van der Waals surface area contributed by atoms with Crippen LogP contribution in [0.4, 0.5) is 17.1 Å². The molecule has 0 spiro atoms. The smallest absolute Gasteiger partial charge is 0.280 e. The average Bonchev–Trinajstić information content (AvgIpc) is 2.72. The van der Waals surface area contributed by atoms with Gasteiger partial charge in [0.2, 0.25) is 0 Å². The maximum absolute atomic E-state index is 12.6. The van der Waals surface area contributed by atoms with E-state index in [1.807, 2.05) is 31.2 Å². The first-order chi connectivity index (χ1) is 14.3. The van der Waals surface area contributed by atoms with Crippen LogP contribution in [0, 0.1) is 17.0 Å². The summed E-state index contributed by atoms with van der Waals surface area (Å²) in [6, 6.07) is 19.6. The number of sulfonamides is 1. The molecule has 0 aliphatic heterocycles. The van der Waals surface area contributed by atoms with Gasteiger partial charge in [-0.2, -0.15) is 5.10 Å². The van der Waals surface area contributed by atoms with Gasteiger partial charge in [-0.1, -0.05) is 48.0 Å². The van der Waals surface area contributed by atoms with Gasteiger partial charge in [-0.3, -0.25) is 20.3 Å². The molecule has 0 aromatic heterocycles. The molecule has 3 aromatic rings. The second-order valence-electron chi connectivity index (χ2n) is 6.58. The number of rotatable bonds is 7. The lowest BCUT2D eigenvalue weighted by atomic mass is 10.1. The van der Waals surface area contributed by atoms with Crippen molar-refractivity contribution >= 4 is 32.8 Å². The number of nitro benzene ring substituents is 1. The number of nitrogens with zero attached hydrogens (tertiary/aromatic N) is 2. The molecule has 2 N–H and O–H groups in total. The van der Waals surface area contributed by atoms with Crippen LogP contribution in [-0.2, 0) is 10.0 Å². The van der Waals surface area contributed by atoms with E-state index in [4.69, 9.17) is 0 Å². The standard InChI is InChI=1S/C21H20N4O4S/c1-15-8-10-17(11-9-15)16(2)22-23-20-13-12-19(14-21(20)25(26)27)30(28,29)24-18-6-4-3-5-7-18/h3-14,23-24H,1-2H3/b22-16+. The molecule has 0 bridgehead atoms. The summed E-state index contributed by atoms with van der Waals surface area (Å²) in [6.07, 6.45) is 0. The number of para-hydroxylation sites is 1. The van der Waals surface area contributed by atoms with E-state index in [0.717, 1.165) is 17.2 Å². The molecule has 3 aromatic carbocycles. The van der Waals surface area contributed by atoms with Crippen LogP contribution in [-0.4, -0.2) is 19.1 Å². The van der Waals surface area contributed by atoms with Crippen LogP contribution in [0.2, 0.25) is 0 Å². The van der Waals surface area contributed by atoms with Crippen LogP contribution in [0.3, 0.4) is 0 Å². The zero-order chi connectivity index (χ0) is 21.7. The molecule has 0 aliphatic carbocycles. The molecule has 0 radical (unpaired) electrons. The Hall–Kier alpha value is -3.72. The summed E-state index contributed by atoms with van der Waals surface area (Å²) in [6.45, 7) is 3.74. The van der Waals surface area contributed by atoms with Gasteiger partial charge in [0.05, 0.1) is 15.5 Å². The fraction of sp³-hybridized carbons (Fsp3) is 0.0952. The molecule has 0 amide bonds. The van der Waals surface area contributed by atoms with Gasteiger partial charge in [-0.05, 0) is 43.7 Å². The summed E-state index contributed by atoms with van der Waals surface area (Å²) >= 11 is 0. The number of hydrogen-bond acceptors (Lipinski definition) is 6. The molecule has 0 unspecified atom stereocenters. The maximum Gasteiger partial charge on any atom is 0.295 e. The van der Waals surface area contributed by atoms with E-state index in [0.29, 0.717) is 11.4 Å². The molecule has 8 nitrogen and oxygen atoms in total. The first kappa shape index (κ1) is 21.0. The summed E-state index contributed by atoms with van der Waals surface area (Å²) < 4.78 is 27.6. The van der Waals surface area contributed by atoms with E-state index >= 15 is 0 Å². The van der Waals surface area contributed by atoms with Crippen molar-refractivity contribution in [2.75, 3.05) is 10.1 Å². The molecule has 0 saturated carbocycles. The summed E-state index contributed by atoms with van der Waals surface area (Å²) in [5, 5.41) is 15.7. The normalized spacial score (nSPS) is 11.7. The highest BCUT2D eigenvalue weighted by Crippen LogP contribution is 2.28. The van der Waals surface area contributed by atoms with E-state index < -0.39 is 20.6 Å². The SMILES string of the molecule is C/C(=N\Nc1ccc(S(=O)(=O)Nc2ccccc2)cc1[N+](=O)[O-])c1ccc(C)cc1. The van der Waals surface area contributed by atoms with Crippen molar-refractivity contribution in [1.82, 2.24) is 0 Å². The molecule has 0 heterocycles. The zero-order valence-electron chi connectivity index (χ0n) is 16.4. The highest BCUT2D eigenvalue weighted by atomic mass is 32.2. The molecule has 154 valence electrons. The fourth-order valence-electron chi connectivity index (χ4n) is 2.65. The summed E-state index contributed by atoms with van der Waals surface area (Å²) in [5.74, 6) is 0. The van der Waals surface area contributed by atoms with Gasteiger partial charge in [0, 0.05) is 11.8 Å². The van der Waals surface area contributed by atoms with E-state index in [2.05, 4.69) is 15.2 Å². The van der Waals surface area contributed by atoms with Gasteiger partial charge in [0.25, 0.3) is 15.7 Å². The summed E-state index contributed by atoms with van der Waals surface area (Å²) in [5.41, 5.74) is 5.32. The van der Waals surface area contributed by atoms with Crippen molar-refractivity contribution in [2.24, 2.45) is 5.10 Å².